The topological polar surface area (TPSA) is 155 Å². The molecule has 166 valence electrons. The van der Waals surface area contributed by atoms with E-state index in [2.05, 4.69) is 48.6 Å². The Morgan fingerprint density at radius 2 is 2.13 bits per heavy atom. The molecular weight excluding hydrogens is 422 g/mol. The van der Waals surface area contributed by atoms with Crippen molar-refractivity contribution >= 4 is 27.6 Å². The van der Waals surface area contributed by atoms with Crippen LogP contribution in [0.2, 0.25) is 0 Å². The molecule has 1 aromatic heterocycles. The molecule has 5 rings (SSSR count). The first-order valence-corrected chi connectivity index (χ1v) is 11.7. The van der Waals surface area contributed by atoms with Crippen molar-refractivity contribution in [1.82, 2.24) is 15.5 Å². The Morgan fingerprint density at radius 1 is 1.29 bits per heavy atom. The number of hydrogen-bond acceptors (Lipinski definition) is 10. The van der Waals surface area contributed by atoms with Crippen molar-refractivity contribution in [2.45, 2.75) is 43.9 Å². The monoisotopic (exact) mass is 447 g/mol. The zero-order valence-electron chi connectivity index (χ0n) is 16.7. The Hall–Kier alpha value is -2.51. The second-order valence-corrected chi connectivity index (χ2v) is 9.41. The highest BCUT2D eigenvalue weighted by Gasteiger charge is 2.40. The maximum Gasteiger partial charge on any atom is 0.333 e. The number of aryl methyl sites for hydroxylation is 1. The van der Waals surface area contributed by atoms with Crippen LogP contribution in [-0.4, -0.2) is 42.2 Å². The second kappa shape index (κ2) is 7.88. The van der Waals surface area contributed by atoms with Gasteiger partial charge in [-0.25, -0.2) is 15.1 Å². The SMILES string of the molecule is NS(=O)(=O)OCC1CC(N2NNc3c(NC4CCc5ccccc54)ncnc32)CC1O. The molecule has 31 heavy (non-hydrogen) atoms. The molecule has 11 nitrogen and oxygen atoms in total. The minimum absolute atomic E-state index is 0.104. The number of anilines is 3. The maximum absolute atomic E-state index is 11.1. The fraction of sp³-hybridized carbons (Fsp3) is 0.474. The average molecular weight is 448 g/mol. The quantitative estimate of drug-likeness (QED) is 0.425. The molecule has 4 unspecified atom stereocenters. The summed E-state index contributed by atoms with van der Waals surface area (Å²) >= 11 is 0. The predicted octanol–water partition coefficient (Wildman–Crippen LogP) is 0.587. The standard InChI is InChI=1S/C19H25N7O4S/c20-31(28,29)30-9-12-7-13(8-16(12)27)26-19-17(24-25-26)18(21-10-22-19)23-15-6-5-11-3-1-2-4-14(11)15/h1-4,10,12-13,15-16,24-25,27H,5-9H2,(H2,20,28,29)(H,21,22,23). The van der Waals surface area contributed by atoms with Crippen molar-refractivity contribution in [2.24, 2.45) is 11.1 Å². The molecule has 0 spiro atoms. The summed E-state index contributed by atoms with van der Waals surface area (Å²) in [6.45, 7) is -0.151. The molecule has 0 bridgehead atoms. The molecule has 2 heterocycles. The third-order valence-electron chi connectivity index (χ3n) is 6.24. The van der Waals surface area contributed by atoms with E-state index in [1.54, 1.807) is 0 Å². The Balaban J connectivity index is 1.31. The Bertz CT molecular complexity index is 1080. The number of rotatable bonds is 6. The number of hydrazine groups is 2. The molecule has 0 amide bonds. The lowest BCUT2D eigenvalue weighted by Crippen LogP contribution is -2.43. The summed E-state index contributed by atoms with van der Waals surface area (Å²) in [5.41, 5.74) is 9.63. The molecule has 1 aromatic carbocycles. The van der Waals surface area contributed by atoms with E-state index < -0.39 is 16.4 Å². The van der Waals surface area contributed by atoms with E-state index in [1.807, 2.05) is 11.1 Å². The van der Waals surface area contributed by atoms with Gasteiger partial charge in [-0.3, -0.25) is 14.6 Å². The van der Waals surface area contributed by atoms with E-state index in [0.717, 1.165) is 18.5 Å². The highest BCUT2D eigenvalue weighted by atomic mass is 32.2. The minimum atomic E-state index is -4.04. The van der Waals surface area contributed by atoms with Crippen LogP contribution < -0.4 is 26.4 Å². The molecule has 3 aliphatic rings. The molecular formula is C19H25N7O4S. The third-order valence-corrected chi connectivity index (χ3v) is 6.71. The first-order chi connectivity index (χ1) is 14.9. The number of aliphatic hydroxyl groups excluding tert-OH is 1. The Morgan fingerprint density at radius 3 is 2.97 bits per heavy atom. The van der Waals surface area contributed by atoms with Gasteiger partial charge in [-0.05, 0) is 36.8 Å². The molecule has 0 radical (unpaired) electrons. The van der Waals surface area contributed by atoms with E-state index in [0.29, 0.717) is 24.5 Å². The van der Waals surface area contributed by atoms with Crippen molar-refractivity contribution in [1.29, 1.82) is 0 Å². The summed E-state index contributed by atoms with van der Waals surface area (Å²) in [7, 11) is -4.04. The number of hydrogen-bond donors (Lipinski definition) is 5. The first-order valence-electron chi connectivity index (χ1n) is 10.2. The van der Waals surface area contributed by atoms with Gasteiger partial charge in [0.25, 0.3) is 0 Å². The highest BCUT2D eigenvalue weighted by Crippen LogP contribution is 2.41. The predicted molar refractivity (Wildman–Crippen MR) is 114 cm³/mol. The summed E-state index contributed by atoms with van der Waals surface area (Å²) in [5.74, 6) is 1.03. The van der Waals surface area contributed by atoms with Gasteiger partial charge in [0.05, 0.1) is 24.8 Å². The fourth-order valence-electron chi connectivity index (χ4n) is 4.74. The highest BCUT2D eigenvalue weighted by molar-refractivity contribution is 7.84. The Kier molecular flexibility index (Phi) is 5.18. The number of benzene rings is 1. The van der Waals surface area contributed by atoms with Gasteiger partial charge in [-0.15, -0.1) is 5.53 Å². The van der Waals surface area contributed by atoms with E-state index in [1.165, 1.54) is 17.5 Å². The van der Waals surface area contributed by atoms with E-state index in [-0.39, 0.29) is 24.6 Å². The summed E-state index contributed by atoms with van der Waals surface area (Å²) in [4.78, 5) is 8.85. The van der Waals surface area contributed by atoms with Crippen molar-refractivity contribution in [2.75, 3.05) is 22.4 Å². The van der Waals surface area contributed by atoms with Crippen molar-refractivity contribution < 1.29 is 17.7 Å². The second-order valence-electron chi connectivity index (χ2n) is 8.19. The largest absolute Gasteiger partial charge is 0.393 e. The molecule has 0 saturated heterocycles. The van der Waals surface area contributed by atoms with Gasteiger partial charge in [-0.2, -0.15) is 8.42 Å². The molecule has 2 aliphatic carbocycles. The van der Waals surface area contributed by atoms with Crippen molar-refractivity contribution in [3.05, 3.63) is 41.7 Å². The van der Waals surface area contributed by atoms with Crippen LogP contribution in [0.5, 0.6) is 0 Å². The molecule has 12 heteroatoms. The average Bonchev–Trinajstić information content (AvgIpc) is 3.43. The number of aromatic nitrogens is 2. The van der Waals surface area contributed by atoms with Crippen molar-refractivity contribution in [3.63, 3.8) is 0 Å². The van der Waals surface area contributed by atoms with Crippen LogP contribution in [0.4, 0.5) is 17.3 Å². The normalized spacial score (nSPS) is 27.1. The number of nitrogens with two attached hydrogens (primary N) is 1. The third kappa shape index (κ3) is 4.04. The van der Waals surface area contributed by atoms with Gasteiger partial charge in [0.1, 0.15) is 12.0 Å². The van der Waals surface area contributed by atoms with E-state index >= 15 is 0 Å². The van der Waals surface area contributed by atoms with Gasteiger partial charge >= 0.3 is 10.3 Å². The lowest BCUT2D eigenvalue weighted by molar-refractivity contribution is 0.101. The zero-order chi connectivity index (χ0) is 21.6. The molecule has 1 fully saturated rings. The van der Waals surface area contributed by atoms with Gasteiger partial charge in [-0.1, -0.05) is 24.3 Å². The molecule has 2 aromatic rings. The van der Waals surface area contributed by atoms with Crippen LogP contribution >= 0.6 is 0 Å². The maximum atomic E-state index is 11.1. The van der Waals surface area contributed by atoms with Crippen molar-refractivity contribution in [3.8, 4) is 0 Å². The number of aliphatic hydroxyl groups is 1. The fourth-order valence-corrected chi connectivity index (χ4v) is 5.10. The lowest BCUT2D eigenvalue weighted by atomic mass is 10.1. The smallest absolute Gasteiger partial charge is 0.333 e. The van der Waals surface area contributed by atoms with E-state index in [4.69, 9.17) is 5.14 Å². The van der Waals surface area contributed by atoms with Crippen LogP contribution in [0.3, 0.4) is 0 Å². The van der Waals surface area contributed by atoms with Crippen LogP contribution in [-0.2, 0) is 20.9 Å². The molecule has 6 N–H and O–H groups in total. The Labute approximate surface area is 180 Å². The van der Waals surface area contributed by atoms with Crippen LogP contribution in [0, 0.1) is 5.92 Å². The number of nitrogens with one attached hydrogen (secondary N) is 3. The summed E-state index contributed by atoms with van der Waals surface area (Å²) in [5, 5.41) is 20.7. The lowest BCUT2D eigenvalue weighted by Gasteiger charge is -2.24. The van der Waals surface area contributed by atoms with Gasteiger partial charge in [0.2, 0.25) is 0 Å². The number of nitrogens with zero attached hydrogens (tertiary/aromatic N) is 3. The van der Waals surface area contributed by atoms with Crippen LogP contribution in [0.25, 0.3) is 0 Å². The summed E-state index contributed by atoms with van der Waals surface area (Å²) in [6, 6.07) is 8.48. The molecule has 4 atom stereocenters. The zero-order valence-corrected chi connectivity index (χ0v) is 17.5. The molecule has 1 saturated carbocycles. The van der Waals surface area contributed by atoms with Gasteiger partial charge in [0.15, 0.2) is 11.6 Å². The first kappa shape index (κ1) is 20.4. The van der Waals surface area contributed by atoms with Gasteiger partial charge in [0, 0.05) is 5.92 Å². The van der Waals surface area contributed by atoms with Gasteiger partial charge < -0.3 is 10.4 Å². The molecule has 1 aliphatic heterocycles. The van der Waals surface area contributed by atoms with Crippen LogP contribution in [0.15, 0.2) is 30.6 Å². The summed E-state index contributed by atoms with van der Waals surface area (Å²) in [6.07, 6.45) is 3.79. The minimum Gasteiger partial charge on any atom is -0.393 e. The summed E-state index contributed by atoms with van der Waals surface area (Å²) < 4.78 is 26.8. The van der Waals surface area contributed by atoms with Crippen LogP contribution in [0.1, 0.15) is 36.4 Å². The number of fused-ring (bicyclic) bond motifs is 2. The van der Waals surface area contributed by atoms with E-state index in [9.17, 15) is 13.5 Å².